The lowest BCUT2D eigenvalue weighted by Crippen LogP contribution is -2.61. The number of carbonyl (C=O) groups is 6. The Morgan fingerprint density at radius 2 is 0.937 bits per heavy atom. The summed E-state index contributed by atoms with van der Waals surface area (Å²) in [5.41, 5.74) is -0.243. The zero-order valence-corrected chi connectivity index (χ0v) is 36.1. The molecule has 6 saturated carbocycles. The Morgan fingerprint density at radius 1 is 0.571 bits per heavy atom. The van der Waals surface area contributed by atoms with Gasteiger partial charge in [-0.05, 0) is 129 Å². The summed E-state index contributed by atoms with van der Waals surface area (Å²) in [7, 11) is 7.67. The van der Waals surface area contributed by atoms with Crippen LogP contribution in [0.5, 0.6) is 0 Å². The van der Waals surface area contributed by atoms with E-state index in [0.717, 1.165) is 0 Å². The summed E-state index contributed by atoms with van der Waals surface area (Å²) in [6.45, 7) is 2.14. The molecular weight excluding hydrogens is 819 g/mol. The zero-order valence-electron chi connectivity index (χ0n) is 36.1. The van der Waals surface area contributed by atoms with Crippen molar-refractivity contribution >= 4 is 46.9 Å². The van der Waals surface area contributed by atoms with Crippen LogP contribution in [0.4, 0.5) is 11.4 Å². The molecule has 8 rings (SSSR count). The van der Waals surface area contributed by atoms with Crippen molar-refractivity contribution in [3.63, 3.8) is 0 Å². The minimum absolute atomic E-state index is 0.0793. The van der Waals surface area contributed by atoms with Crippen LogP contribution in [0.1, 0.15) is 72.1 Å². The van der Waals surface area contributed by atoms with Gasteiger partial charge in [0.2, 0.25) is 23.6 Å². The molecule has 10 atom stereocenters. The summed E-state index contributed by atoms with van der Waals surface area (Å²) in [4.78, 5) is 109. The van der Waals surface area contributed by atoms with E-state index in [1.807, 2.05) is 38.0 Å². The molecule has 19 nitrogen and oxygen atoms in total. The van der Waals surface area contributed by atoms with Gasteiger partial charge in [0.05, 0.1) is 44.6 Å². The van der Waals surface area contributed by atoms with Crippen LogP contribution in [0.3, 0.4) is 0 Å². The Hall–Kier alpha value is -5.82. The van der Waals surface area contributed by atoms with Crippen molar-refractivity contribution in [1.82, 2.24) is 25.8 Å². The van der Waals surface area contributed by atoms with Gasteiger partial charge >= 0.3 is 11.9 Å². The fourth-order valence-electron chi connectivity index (χ4n) is 10.3. The van der Waals surface area contributed by atoms with Crippen molar-refractivity contribution in [2.75, 3.05) is 54.4 Å². The first-order valence-corrected chi connectivity index (χ1v) is 21.6. The fraction of sp³-hybridized carbons (Fsp3) is 0.591. The van der Waals surface area contributed by atoms with Crippen LogP contribution >= 0.6 is 0 Å². The number of benzene rings is 2. The standard InChI is InChI=1S/C44H57N7O12/c1-48(2)21-5-19-45-39(52)35-27-11-17-31(33(23-27)62-43(56)25-7-13-29(14-8-25)50(58)59)37(35)41(54)47-42(55)38-32-18-12-28(36(38)40(53)46-20-6-22-49(3)4)24-34(32)63-44(57)26-9-15-30(16-10-26)51(60)61/h7-10,13-16,27-28,31-38H,5-6,11-12,17-24H2,1-4H3,(H,45,52)(H,46,53)(H,47,54,55). The predicted octanol–water partition coefficient (Wildman–Crippen LogP) is 3.36. The monoisotopic (exact) mass is 875 g/mol. The van der Waals surface area contributed by atoms with Gasteiger partial charge in [-0.15, -0.1) is 0 Å². The number of nitro benzene ring substituents is 2. The SMILES string of the molecule is CN(C)CCCNC(=O)C1C2CCC(C(OC(=O)c3ccc([N+](=O)[O-])cc3)C2)C1C(=O)NC(=O)C1C2CCC(CC2OC(=O)c2ccc([N+](=O)[O-])cc2)C1C(=O)NCCCN(C)C. The molecule has 2 aromatic carbocycles. The Kier molecular flexibility index (Phi) is 15.2. The van der Waals surface area contributed by atoms with Crippen LogP contribution in [0.25, 0.3) is 0 Å². The first-order chi connectivity index (χ1) is 30.0. The molecule has 6 aliphatic carbocycles. The normalized spacial score (nSPS) is 27.0. The molecule has 340 valence electrons. The summed E-state index contributed by atoms with van der Waals surface area (Å²) in [5.74, 6) is -9.56. The molecule has 3 N–H and O–H groups in total. The lowest BCUT2D eigenvalue weighted by Gasteiger charge is -2.51. The van der Waals surface area contributed by atoms with Crippen LogP contribution < -0.4 is 16.0 Å². The molecule has 19 heteroatoms. The van der Waals surface area contributed by atoms with Gasteiger partial charge < -0.3 is 29.9 Å². The number of nitro groups is 2. The molecule has 0 heterocycles. The van der Waals surface area contributed by atoms with Gasteiger partial charge in [0.1, 0.15) is 12.2 Å². The van der Waals surface area contributed by atoms with E-state index in [1.165, 1.54) is 48.5 Å². The number of esters is 2. The number of nitrogens with one attached hydrogen (secondary N) is 3. The third kappa shape index (κ3) is 11.0. The molecule has 0 aromatic heterocycles. The number of imide groups is 1. The second-order valence-corrected chi connectivity index (χ2v) is 17.8. The predicted molar refractivity (Wildman–Crippen MR) is 226 cm³/mol. The highest BCUT2D eigenvalue weighted by Gasteiger charge is 2.58. The Labute approximate surface area is 365 Å². The van der Waals surface area contributed by atoms with Gasteiger partial charge in [0.15, 0.2) is 0 Å². The topological polar surface area (TPSA) is 250 Å². The number of hydrogen-bond donors (Lipinski definition) is 3. The fourth-order valence-corrected chi connectivity index (χ4v) is 10.3. The third-order valence-electron chi connectivity index (χ3n) is 13.2. The molecule has 6 fully saturated rings. The molecule has 6 aliphatic rings. The van der Waals surface area contributed by atoms with E-state index in [1.54, 1.807) is 0 Å². The molecular formula is C44H57N7O12. The smallest absolute Gasteiger partial charge is 0.338 e. The van der Waals surface area contributed by atoms with Gasteiger partial charge in [0.25, 0.3) is 11.4 Å². The number of rotatable bonds is 18. The van der Waals surface area contributed by atoms with Gasteiger partial charge in [0, 0.05) is 49.2 Å². The van der Waals surface area contributed by atoms with Gasteiger partial charge in [-0.1, -0.05) is 0 Å². The zero-order chi connectivity index (χ0) is 45.5. The van der Waals surface area contributed by atoms with Crippen LogP contribution in [-0.4, -0.2) is 122 Å². The second kappa shape index (κ2) is 20.6. The maximum absolute atomic E-state index is 14.7. The van der Waals surface area contributed by atoms with Gasteiger partial charge in [-0.3, -0.25) is 44.7 Å². The Morgan fingerprint density at radius 3 is 1.27 bits per heavy atom. The molecule has 0 saturated heterocycles. The summed E-state index contributed by atoms with van der Waals surface area (Å²) >= 11 is 0. The third-order valence-corrected chi connectivity index (χ3v) is 13.2. The quantitative estimate of drug-likeness (QED) is 0.0639. The van der Waals surface area contributed by atoms with Crippen LogP contribution in [0, 0.1) is 67.6 Å². The molecule has 4 amide bonds. The highest BCUT2D eigenvalue weighted by molar-refractivity contribution is 6.01. The van der Waals surface area contributed by atoms with Crippen LogP contribution in [-0.2, 0) is 28.7 Å². The van der Waals surface area contributed by atoms with Crippen molar-refractivity contribution < 1.29 is 48.1 Å². The summed E-state index contributed by atoms with van der Waals surface area (Å²) < 4.78 is 11.9. The van der Waals surface area contributed by atoms with Crippen molar-refractivity contribution in [2.24, 2.45) is 47.3 Å². The molecule has 10 unspecified atom stereocenters. The number of carbonyl (C=O) groups excluding carboxylic acids is 6. The van der Waals surface area contributed by atoms with E-state index >= 15 is 0 Å². The second-order valence-electron chi connectivity index (χ2n) is 17.8. The van der Waals surface area contributed by atoms with Crippen molar-refractivity contribution in [1.29, 1.82) is 0 Å². The van der Waals surface area contributed by atoms with E-state index in [0.29, 0.717) is 77.5 Å². The number of fused-ring (bicyclic) bond motifs is 6. The van der Waals surface area contributed by atoms with Crippen molar-refractivity contribution in [3.05, 3.63) is 79.9 Å². The first-order valence-electron chi connectivity index (χ1n) is 21.6. The van der Waals surface area contributed by atoms with Crippen molar-refractivity contribution in [3.8, 4) is 0 Å². The Balaban J connectivity index is 1.25. The largest absolute Gasteiger partial charge is 0.458 e. The van der Waals surface area contributed by atoms with E-state index in [4.69, 9.17) is 9.47 Å². The number of non-ortho nitro benzene ring substituents is 2. The Bertz CT molecular complexity index is 1900. The molecule has 0 radical (unpaired) electrons. The van der Waals surface area contributed by atoms with E-state index in [2.05, 4.69) is 16.0 Å². The lowest BCUT2D eigenvalue weighted by atomic mass is 9.56. The van der Waals surface area contributed by atoms with Gasteiger partial charge in [-0.25, -0.2) is 9.59 Å². The highest BCUT2D eigenvalue weighted by atomic mass is 16.6. The lowest BCUT2D eigenvalue weighted by molar-refractivity contribution is -0.385. The molecule has 4 bridgehead atoms. The van der Waals surface area contributed by atoms with Crippen molar-refractivity contribution in [2.45, 2.75) is 63.6 Å². The van der Waals surface area contributed by atoms with E-state index in [9.17, 15) is 49.0 Å². The van der Waals surface area contributed by atoms with Crippen LogP contribution in [0.15, 0.2) is 48.5 Å². The number of nitrogens with zero attached hydrogens (tertiary/aromatic N) is 4. The maximum Gasteiger partial charge on any atom is 0.338 e. The first kappa shape index (κ1) is 46.7. The molecule has 2 aromatic rings. The van der Waals surface area contributed by atoms with Gasteiger partial charge in [-0.2, -0.15) is 0 Å². The number of amides is 4. The van der Waals surface area contributed by atoms with E-state index in [-0.39, 0.29) is 46.2 Å². The van der Waals surface area contributed by atoms with E-state index < -0.39 is 81.3 Å². The number of hydrogen-bond acceptors (Lipinski definition) is 14. The average molecular weight is 876 g/mol. The van der Waals surface area contributed by atoms with Crippen LogP contribution in [0.2, 0.25) is 0 Å². The molecule has 0 spiro atoms. The minimum Gasteiger partial charge on any atom is -0.458 e. The average Bonchev–Trinajstić information content (AvgIpc) is 3.26. The number of ether oxygens (including phenoxy) is 2. The summed E-state index contributed by atoms with van der Waals surface area (Å²) in [6, 6.07) is 9.93. The molecule has 63 heavy (non-hydrogen) atoms. The molecule has 0 aliphatic heterocycles. The summed E-state index contributed by atoms with van der Waals surface area (Å²) in [6.07, 6.45) is 2.30. The minimum atomic E-state index is -1.08. The highest BCUT2D eigenvalue weighted by Crippen LogP contribution is 2.52. The maximum atomic E-state index is 14.7. The summed E-state index contributed by atoms with van der Waals surface area (Å²) in [5, 5.41) is 31.0.